The van der Waals surface area contributed by atoms with Crippen LogP contribution in [0.4, 0.5) is 0 Å². The minimum Gasteiger partial charge on any atom is -0.0622 e. The van der Waals surface area contributed by atoms with Crippen molar-refractivity contribution < 1.29 is 0 Å². The zero-order valence-corrected chi connectivity index (χ0v) is 7.10. The molecule has 0 heterocycles. The minimum atomic E-state index is 0.994. The molecular weight excluding hydrogens is 152 g/mol. The second kappa shape index (κ2) is 4.84. The summed E-state index contributed by atoms with van der Waals surface area (Å²) in [5.74, 6) is 0. The molecule has 0 aliphatic heterocycles. The third-order valence-electron chi connectivity index (χ3n) is 1.50. The summed E-state index contributed by atoms with van der Waals surface area (Å²) in [5, 5.41) is 2.60. The number of aryl methyl sites for hydroxylation is 1. The summed E-state index contributed by atoms with van der Waals surface area (Å²) in [6.07, 6.45) is 3.94. The predicted molar refractivity (Wildman–Crippen MR) is 51.9 cm³/mol. The highest BCUT2D eigenvalue weighted by molar-refractivity contribution is 7.78. The molecule has 1 aromatic carbocycles. The lowest BCUT2D eigenvalue weighted by Gasteiger charge is -1.94. The lowest BCUT2D eigenvalue weighted by molar-refractivity contribution is 1.01. The fourth-order valence-corrected chi connectivity index (χ4v) is 1.06. The summed E-state index contributed by atoms with van der Waals surface area (Å²) < 4.78 is 0. The molecule has 0 saturated carbocycles. The topological polar surface area (TPSA) is 0 Å². The van der Waals surface area contributed by atoms with Crippen molar-refractivity contribution in [1.82, 2.24) is 0 Å². The van der Waals surface area contributed by atoms with Gasteiger partial charge in [0.15, 0.2) is 0 Å². The van der Waals surface area contributed by atoms with Crippen LogP contribution >= 0.6 is 12.2 Å². The van der Waals surface area contributed by atoms with Crippen molar-refractivity contribution in [3.8, 4) is 0 Å². The van der Waals surface area contributed by atoms with Gasteiger partial charge in [0.25, 0.3) is 0 Å². The molecule has 0 aromatic heterocycles. The maximum absolute atomic E-state index is 4.56. The lowest BCUT2D eigenvalue weighted by atomic mass is 10.1. The van der Waals surface area contributed by atoms with Crippen LogP contribution in [0.15, 0.2) is 36.4 Å². The average Bonchev–Trinajstić information content (AvgIpc) is 2.07. The van der Waals surface area contributed by atoms with E-state index in [1.54, 1.807) is 0 Å². The molecule has 1 heteroatoms. The molecule has 0 amide bonds. The van der Waals surface area contributed by atoms with Crippen molar-refractivity contribution in [2.75, 3.05) is 0 Å². The Balaban J connectivity index is 2.45. The van der Waals surface area contributed by atoms with Gasteiger partial charge in [0.2, 0.25) is 0 Å². The van der Waals surface area contributed by atoms with Crippen molar-refractivity contribution in [1.29, 1.82) is 0 Å². The van der Waals surface area contributed by atoms with Gasteiger partial charge < -0.3 is 0 Å². The fourth-order valence-electron chi connectivity index (χ4n) is 0.942. The van der Waals surface area contributed by atoms with Crippen LogP contribution in [0.5, 0.6) is 0 Å². The van der Waals surface area contributed by atoms with Gasteiger partial charge in [0.1, 0.15) is 0 Å². The minimum absolute atomic E-state index is 0.994. The Morgan fingerprint density at radius 3 is 2.64 bits per heavy atom. The number of allylic oxidation sites excluding steroid dienone is 1. The molecule has 1 aromatic rings. The van der Waals surface area contributed by atoms with Gasteiger partial charge in [-0.1, -0.05) is 35.4 Å². The molecule has 0 N–H and O–H groups in total. The lowest BCUT2D eigenvalue weighted by Crippen LogP contribution is -1.80. The van der Waals surface area contributed by atoms with Crippen LogP contribution in [0.1, 0.15) is 12.0 Å². The highest BCUT2D eigenvalue weighted by Crippen LogP contribution is 2.01. The second-order valence-electron chi connectivity index (χ2n) is 2.35. The van der Waals surface area contributed by atoms with Gasteiger partial charge in [-0.3, -0.25) is 0 Å². The summed E-state index contributed by atoms with van der Waals surface area (Å²) in [5.41, 5.74) is 1.36. The van der Waals surface area contributed by atoms with Crippen LogP contribution in [0, 0.1) is 0 Å². The standard InChI is InChI=1S/C10H10S/c11-9-5-4-8-10-6-2-1-3-7-10/h1-3,5-7H,4,8H2. The highest BCUT2D eigenvalue weighted by atomic mass is 32.1. The van der Waals surface area contributed by atoms with Crippen molar-refractivity contribution in [2.24, 2.45) is 0 Å². The molecule has 0 bridgehead atoms. The maximum Gasteiger partial charge on any atom is -0.0225 e. The van der Waals surface area contributed by atoms with E-state index in [1.165, 1.54) is 5.56 Å². The van der Waals surface area contributed by atoms with Crippen LogP contribution in [0.3, 0.4) is 0 Å². The Bertz CT molecular complexity index is 245. The van der Waals surface area contributed by atoms with Gasteiger partial charge in [-0.25, -0.2) is 0 Å². The number of rotatable bonds is 3. The highest BCUT2D eigenvalue weighted by Gasteiger charge is 1.86. The number of hydrogen-bond acceptors (Lipinski definition) is 1. The Hall–Kier alpha value is -0.910. The third-order valence-corrected chi connectivity index (χ3v) is 1.67. The fraction of sp³-hybridized carbons (Fsp3) is 0.200. The molecule has 56 valence electrons. The summed E-state index contributed by atoms with van der Waals surface area (Å²) in [4.78, 5) is 0. The summed E-state index contributed by atoms with van der Waals surface area (Å²) in [6, 6.07) is 10.4. The first-order chi connectivity index (χ1) is 5.43. The largest absolute Gasteiger partial charge is 0.0622 e. The average molecular weight is 162 g/mol. The molecule has 0 fully saturated rings. The van der Waals surface area contributed by atoms with Gasteiger partial charge in [0.05, 0.1) is 0 Å². The van der Waals surface area contributed by atoms with Crippen molar-refractivity contribution >= 4 is 17.2 Å². The van der Waals surface area contributed by atoms with Crippen molar-refractivity contribution in [3.63, 3.8) is 0 Å². The van der Waals surface area contributed by atoms with E-state index in [0.29, 0.717) is 0 Å². The quantitative estimate of drug-likeness (QED) is 0.616. The van der Waals surface area contributed by atoms with Crippen LogP contribution < -0.4 is 0 Å². The van der Waals surface area contributed by atoms with Gasteiger partial charge >= 0.3 is 0 Å². The van der Waals surface area contributed by atoms with Crippen LogP contribution in [0.25, 0.3) is 0 Å². The maximum atomic E-state index is 4.56. The molecule has 0 atom stereocenters. The van der Waals surface area contributed by atoms with Crippen LogP contribution in [0.2, 0.25) is 0 Å². The zero-order valence-electron chi connectivity index (χ0n) is 6.29. The smallest absolute Gasteiger partial charge is 0.0225 e. The van der Waals surface area contributed by atoms with E-state index in [9.17, 15) is 0 Å². The molecule has 0 radical (unpaired) electrons. The third kappa shape index (κ3) is 3.13. The SMILES string of the molecule is S=C=CCCc1ccccc1. The summed E-state index contributed by atoms with van der Waals surface area (Å²) in [7, 11) is 0. The first-order valence-corrected chi connectivity index (χ1v) is 4.07. The van der Waals surface area contributed by atoms with Gasteiger partial charge in [-0.2, -0.15) is 0 Å². The van der Waals surface area contributed by atoms with E-state index >= 15 is 0 Å². The van der Waals surface area contributed by atoms with Crippen molar-refractivity contribution in [3.05, 3.63) is 42.0 Å². The molecular formula is C10H10S. The Morgan fingerprint density at radius 1 is 1.27 bits per heavy atom. The zero-order chi connectivity index (χ0) is 7.94. The Labute approximate surface area is 72.6 Å². The monoisotopic (exact) mass is 162 g/mol. The van der Waals surface area contributed by atoms with E-state index in [1.807, 2.05) is 12.1 Å². The molecule has 0 aliphatic carbocycles. The summed E-state index contributed by atoms with van der Waals surface area (Å²) >= 11 is 4.56. The molecule has 0 unspecified atom stereocenters. The van der Waals surface area contributed by atoms with E-state index in [2.05, 4.69) is 41.5 Å². The molecule has 0 spiro atoms. The number of benzene rings is 1. The Morgan fingerprint density at radius 2 is 2.00 bits per heavy atom. The first-order valence-electron chi connectivity index (χ1n) is 3.67. The van der Waals surface area contributed by atoms with E-state index < -0.39 is 0 Å². The van der Waals surface area contributed by atoms with Crippen molar-refractivity contribution in [2.45, 2.75) is 12.8 Å². The summed E-state index contributed by atoms with van der Waals surface area (Å²) in [6.45, 7) is 0. The van der Waals surface area contributed by atoms with Gasteiger partial charge in [0, 0.05) is 0 Å². The first kappa shape index (κ1) is 8.19. The normalized spacial score (nSPS) is 8.73. The predicted octanol–water partition coefficient (Wildman–Crippen LogP) is 2.77. The molecule has 1 rings (SSSR count). The molecule has 0 saturated heterocycles. The molecule has 11 heavy (non-hydrogen) atoms. The second-order valence-corrected chi connectivity index (χ2v) is 2.58. The van der Waals surface area contributed by atoms with E-state index in [4.69, 9.17) is 0 Å². The van der Waals surface area contributed by atoms with Crippen LogP contribution in [-0.2, 0) is 6.42 Å². The van der Waals surface area contributed by atoms with E-state index in [-0.39, 0.29) is 0 Å². The van der Waals surface area contributed by atoms with Gasteiger partial charge in [-0.05, 0) is 36.7 Å². The molecule has 0 nitrogen and oxygen atoms in total. The van der Waals surface area contributed by atoms with Gasteiger partial charge in [-0.15, -0.1) is 0 Å². The number of thiocarbonyl (C=S) groups is 1. The Kier molecular flexibility index (Phi) is 3.60. The van der Waals surface area contributed by atoms with E-state index in [0.717, 1.165) is 12.8 Å². The number of hydrogen-bond donors (Lipinski definition) is 0. The van der Waals surface area contributed by atoms with Crippen LogP contribution in [-0.4, -0.2) is 5.02 Å². The molecule has 0 aliphatic rings.